The van der Waals surface area contributed by atoms with Crippen LogP contribution in [-0.4, -0.2) is 5.27 Å². The molecule has 0 atom stereocenters. The van der Waals surface area contributed by atoms with Crippen LogP contribution in [0.4, 0.5) is 4.79 Å². The van der Waals surface area contributed by atoms with Gasteiger partial charge >= 0.3 is 268 Å². The van der Waals surface area contributed by atoms with Crippen molar-refractivity contribution in [3.63, 3.8) is 0 Å². The first-order valence-corrected chi connectivity index (χ1v) is 18.9. The second-order valence-corrected chi connectivity index (χ2v) is 20.3. The predicted octanol–water partition coefficient (Wildman–Crippen LogP) is 7.51. The minimum Gasteiger partial charge on any atom is 1.00 e. The van der Waals surface area contributed by atoms with E-state index in [-0.39, 0.29) is 25.4 Å². The van der Waals surface area contributed by atoms with Gasteiger partial charge in [0, 0.05) is 0 Å². The molecule has 0 N–H and O–H groups in total. The molecule has 6 rings (SSSR count). The Morgan fingerprint density at radius 1 is 0.405 bits per heavy atom. The monoisotopic (exact) mass is 781 g/mol. The van der Waals surface area contributed by atoms with Crippen LogP contribution in [0, 0.1) is 0 Å². The second kappa shape index (κ2) is 12.6. The van der Waals surface area contributed by atoms with Crippen molar-refractivity contribution in [2.24, 2.45) is 0 Å². The van der Waals surface area contributed by atoms with Crippen molar-refractivity contribution in [3.8, 4) is 0 Å². The number of carbonyl (C=O) groups excluding carboxylic acids is 1. The van der Waals surface area contributed by atoms with E-state index in [1.807, 2.05) is 146 Å². The Labute approximate surface area is 267 Å². The van der Waals surface area contributed by atoms with E-state index in [2.05, 4.69) is 36.4 Å². The van der Waals surface area contributed by atoms with Crippen LogP contribution >= 0.6 is 24.5 Å². The zero-order chi connectivity index (χ0) is 28.2. The van der Waals surface area contributed by atoms with Crippen LogP contribution < -0.4 is 31.8 Å². The molecule has 0 bridgehead atoms. The fourth-order valence-corrected chi connectivity index (χ4v) is 20.8. The first-order chi connectivity index (χ1) is 20.1. The summed E-state index contributed by atoms with van der Waals surface area (Å²) in [5, 5.41) is 5.68. The standard InChI is InChI=1S/C37H31ClOP2.Ir/c38-41(34-25-13-4-14-26-34,35-27-15-5-16-28-35,36-29-17-6-18-30-36)37(39)40(31-19-7-1-8-20-31,32-21-9-2-10-22-32)33-23-11-3-12-24-33;/h1-30,40H;/q;+1. The van der Waals surface area contributed by atoms with Crippen molar-refractivity contribution in [1.82, 2.24) is 0 Å². The molecule has 0 heterocycles. The van der Waals surface area contributed by atoms with Crippen LogP contribution in [0.1, 0.15) is 0 Å². The van der Waals surface area contributed by atoms with E-state index in [0.29, 0.717) is 0 Å². The third-order valence-corrected chi connectivity index (χ3v) is 21.8. The Balaban J connectivity index is 0.00000353. The van der Waals surface area contributed by atoms with Gasteiger partial charge in [0.2, 0.25) is 0 Å². The van der Waals surface area contributed by atoms with E-state index in [0.717, 1.165) is 31.8 Å². The number of hydrogen-bond donors (Lipinski definition) is 0. The minimum atomic E-state index is -4.36. The van der Waals surface area contributed by atoms with Gasteiger partial charge in [-0.15, -0.1) is 0 Å². The summed E-state index contributed by atoms with van der Waals surface area (Å²) in [6, 6.07) is 61.1. The van der Waals surface area contributed by atoms with Gasteiger partial charge in [0.1, 0.15) is 0 Å². The molecule has 0 saturated carbocycles. The van der Waals surface area contributed by atoms with Gasteiger partial charge in [-0.1, -0.05) is 0 Å². The Bertz CT molecular complexity index is 1560. The quantitative estimate of drug-likeness (QED) is 0.146. The third kappa shape index (κ3) is 4.64. The van der Waals surface area contributed by atoms with Crippen LogP contribution in [0.25, 0.3) is 0 Å². The minimum absolute atomic E-state index is 0. The van der Waals surface area contributed by atoms with Crippen LogP contribution in [0.3, 0.4) is 0 Å². The molecule has 0 radical (unpaired) electrons. The van der Waals surface area contributed by atoms with Crippen LogP contribution in [-0.2, 0) is 20.1 Å². The molecule has 0 fully saturated rings. The molecular formula is C37H31ClIrOP2+. The number of benzene rings is 6. The molecule has 0 amide bonds. The Hall–Kier alpha value is -3.21. The van der Waals surface area contributed by atoms with Crippen molar-refractivity contribution in [2.75, 3.05) is 0 Å². The summed E-state index contributed by atoms with van der Waals surface area (Å²) in [5.74, 6) is -4.36. The predicted molar refractivity (Wildman–Crippen MR) is 183 cm³/mol. The maximum absolute atomic E-state index is 16.6. The molecule has 1 nitrogen and oxygen atoms in total. The van der Waals surface area contributed by atoms with Crippen molar-refractivity contribution in [1.29, 1.82) is 0 Å². The second-order valence-electron chi connectivity index (χ2n) is 10.2. The molecule has 6 aromatic carbocycles. The van der Waals surface area contributed by atoms with Gasteiger partial charge in [-0.25, -0.2) is 0 Å². The summed E-state index contributed by atoms with van der Waals surface area (Å²) in [4.78, 5) is 16.6. The van der Waals surface area contributed by atoms with Gasteiger partial charge in [0.15, 0.2) is 0 Å². The van der Waals surface area contributed by atoms with E-state index in [1.54, 1.807) is 0 Å². The van der Waals surface area contributed by atoms with Crippen LogP contribution in [0.15, 0.2) is 182 Å². The van der Waals surface area contributed by atoms with E-state index in [4.69, 9.17) is 11.2 Å². The first kappa shape index (κ1) is 30.3. The molecule has 0 spiro atoms. The summed E-state index contributed by atoms with van der Waals surface area (Å²) in [5.41, 5.74) is 0. The largest absolute Gasteiger partial charge is 1.00 e. The number of rotatable bonds is 8. The van der Waals surface area contributed by atoms with Gasteiger partial charge in [0.25, 0.3) is 0 Å². The molecule has 5 heteroatoms. The number of carbonyl (C=O) groups is 1. The Kier molecular flexibility index (Phi) is 9.05. The number of hydrogen-bond acceptors (Lipinski definition) is 1. The molecule has 0 aliphatic heterocycles. The first-order valence-electron chi connectivity index (χ1n) is 13.7. The average molecular weight is 781 g/mol. The normalized spacial score (nSPS) is 12.7. The molecule has 0 aliphatic rings. The van der Waals surface area contributed by atoms with Crippen molar-refractivity contribution >= 4 is 61.6 Å². The van der Waals surface area contributed by atoms with Gasteiger partial charge < -0.3 is 0 Å². The fourth-order valence-electron chi connectivity index (χ4n) is 6.17. The zero-order valence-electron chi connectivity index (χ0n) is 22.9. The summed E-state index contributed by atoms with van der Waals surface area (Å²) in [6.45, 7) is 0. The molecule has 0 unspecified atom stereocenters. The fraction of sp³-hybridized carbons (Fsp3) is 0. The molecule has 6 aromatic rings. The van der Waals surface area contributed by atoms with E-state index < -0.39 is 13.2 Å². The van der Waals surface area contributed by atoms with Crippen molar-refractivity contribution in [3.05, 3.63) is 182 Å². The maximum atomic E-state index is 16.6. The van der Waals surface area contributed by atoms with Gasteiger partial charge in [-0.3, -0.25) is 0 Å². The molecule has 0 saturated heterocycles. The van der Waals surface area contributed by atoms with E-state index in [1.165, 1.54) is 0 Å². The number of halogens is 1. The molecule has 0 aromatic heterocycles. The van der Waals surface area contributed by atoms with Crippen molar-refractivity contribution < 1.29 is 24.9 Å². The van der Waals surface area contributed by atoms with Crippen LogP contribution in [0.2, 0.25) is 0 Å². The topological polar surface area (TPSA) is 17.1 Å². The zero-order valence-corrected chi connectivity index (χ0v) is 27.9. The van der Waals surface area contributed by atoms with E-state index >= 15 is 4.79 Å². The maximum Gasteiger partial charge on any atom is 1.00 e. The summed E-state index contributed by atoms with van der Waals surface area (Å²) >= 11 is 8.57. The SMILES string of the molecule is O=C([PH](c1ccccc1)(c1ccccc1)c1ccccc1)P(Cl)(c1ccccc1)(c1ccccc1)c1ccccc1.[Ir+]. The van der Waals surface area contributed by atoms with Gasteiger partial charge in [0.05, 0.1) is 0 Å². The van der Waals surface area contributed by atoms with Crippen molar-refractivity contribution in [2.45, 2.75) is 0 Å². The Morgan fingerprint density at radius 3 is 0.857 bits per heavy atom. The third-order valence-electron chi connectivity index (χ3n) is 8.05. The smallest absolute Gasteiger partial charge is 1.00 e. The molecular weight excluding hydrogens is 750 g/mol. The van der Waals surface area contributed by atoms with E-state index in [9.17, 15) is 0 Å². The van der Waals surface area contributed by atoms with Gasteiger partial charge in [-0.2, -0.15) is 0 Å². The Morgan fingerprint density at radius 2 is 0.619 bits per heavy atom. The molecule has 42 heavy (non-hydrogen) atoms. The van der Waals surface area contributed by atoms with Gasteiger partial charge in [-0.05, 0) is 0 Å². The molecule has 0 aliphatic carbocycles. The molecule has 210 valence electrons. The summed E-state index contributed by atoms with van der Waals surface area (Å²) < 4.78 is 0. The van der Waals surface area contributed by atoms with Crippen LogP contribution in [0.5, 0.6) is 0 Å². The summed E-state index contributed by atoms with van der Waals surface area (Å²) in [7, 11) is -3.50. The average Bonchev–Trinajstić information content (AvgIpc) is 3.07. The summed E-state index contributed by atoms with van der Waals surface area (Å²) in [6.07, 6.45) is 0.